The van der Waals surface area contributed by atoms with E-state index in [9.17, 15) is 27.9 Å². The van der Waals surface area contributed by atoms with Gasteiger partial charge in [0.2, 0.25) is 0 Å². The Bertz CT molecular complexity index is 938. The quantitative estimate of drug-likeness (QED) is 0.455. The summed E-state index contributed by atoms with van der Waals surface area (Å²) in [6.45, 7) is 2.85. The number of halogens is 3. The van der Waals surface area contributed by atoms with Gasteiger partial charge in [-0.25, -0.2) is 4.79 Å². The van der Waals surface area contributed by atoms with Crippen molar-refractivity contribution in [1.29, 1.82) is 0 Å². The second-order valence-corrected chi connectivity index (χ2v) is 6.08. The number of carbonyl (C=O) groups is 2. The van der Waals surface area contributed by atoms with Gasteiger partial charge in [-0.05, 0) is 38.1 Å². The van der Waals surface area contributed by atoms with E-state index in [1.807, 2.05) is 0 Å². The van der Waals surface area contributed by atoms with Gasteiger partial charge in [0, 0.05) is 11.1 Å². The summed E-state index contributed by atoms with van der Waals surface area (Å²) in [5, 5.41) is 10.9. The Labute approximate surface area is 158 Å². The van der Waals surface area contributed by atoms with E-state index >= 15 is 0 Å². The van der Waals surface area contributed by atoms with Gasteiger partial charge in [-0.3, -0.25) is 0 Å². The van der Waals surface area contributed by atoms with Crippen molar-refractivity contribution in [2.24, 2.45) is 0 Å². The molecule has 0 unspecified atom stereocenters. The van der Waals surface area contributed by atoms with Crippen LogP contribution in [0.3, 0.4) is 0 Å². The van der Waals surface area contributed by atoms with Crippen LogP contribution in [0.25, 0.3) is 0 Å². The predicted molar refractivity (Wildman–Crippen MR) is 90.3 cm³/mol. The Balaban J connectivity index is 2.21. The first-order valence-corrected chi connectivity index (χ1v) is 7.89. The Morgan fingerprint density at radius 2 is 1.68 bits per heavy atom. The summed E-state index contributed by atoms with van der Waals surface area (Å²) in [6, 6.07) is 10.5. The minimum atomic E-state index is -4.87. The van der Waals surface area contributed by atoms with Crippen molar-refractivity contribution >= 4 is 12.1 Å². The van der Waals surface area contributed by atoms with E-state index in [4.69, 9.17) is 4.74 Å². The van der Waals surface area contributed by atoms with E-state index in [1.54, 1.807) is 30.3 Å². The number of carboxylic acids is 1. The summed E-state index contributed by atoms with van der Waals surface area (Å²) in [6.07, 6.45) is -6.34. The van der Waals surface area contributed by atoms with E-state index in [2.05, 4.69) is 16.6 Å². The molecule has 8 heteroatoms. The molecule has 0 aromatic heterocycles. The SMILES string of the molecule is CC(C)(C#Cc1ccccc1)OC(=O)Oc1cc(C(=O)[O-])ccc1C(F)(F)F. The Kier molecular flexibility index (Phi) is 5.99. The van der Waals surface area contributed by atoms with Crippen LogP contribution in [0.4, 0.5) is 18.0 Å². The second-order valence-electron chi connectivity index (χ2n) is 6.08. The first-order chi connectivity index (χ1) is 13.0. The lowest BCUT2D eigenvalue weighted by Crippen LogP contribution is -2.29. The molecule has 0 aliphatic heterocycles. The van der Waals surface area contributed by atoms with E-state index in [-0.39, 0.29) is 0 Å². The lowest BCUT2D eigenvalue weighted by Gasteiger charge is -2.19. The standard InChI is InChI=1S/C20H15F3O5/c1-19(2,11-10-13-6-4-3-5-7-13)28-18(26)27-16-12-14(17(24)25)8-9-15(16)20(21,22)23/h3-9,12H,1-2H3,(H,24,25)/p-1. The Hall–Kier alpha value is -3.47. The maximum Gasteiger partial charge on any atom is 0.515 e. The molecule has 2 aromatic rings. The van der Waals surface area contributed by atoms with Gasteiger partial charge in [-0.15, -0.1) is 0 Å². The summed E-state index contributed by atoms with van der Waals surface area (Å²) in [5.74, 6) is 2.70. The Morgan fingerprint density at radius 1 is 1.04 bits per heavy atom. The molecule has 0 aliphatic rings. The summed E-state index contributed by atoms with van der Waals surface area (Å²) in [5.41, 5.74) is -2.65. The molecule has 0 saturated heterocycles. The van der Waals surface area contributed by atoms with Crippen LogP contribution in [0, 0.1) is 11.8 Å². The van der Waals surface area contributed by atoms with Gasteiger partial charge in [0.05, 0.1) is 11.5 Å². The molecule has 0 saturated carbocycles. The van der Waals surface area contributed by atoms with Crippen molar-refractivity contribution in [2.45, 2.75) is 25.6 Å². The van der Waals surface area contributed by atoms with Crippen molar-refractivity contribution in [3.05, 3.63) is 65.2 Å². The minimum Gasteiger partial charge on any atom is -0.545 e. The van der Waals surface area contributed by atoms with Crippen molar-refractivity contribution in [3.63, 3.8) is 0 Å². The average molecular weight is 391 g/mol. The van der Waals surface area contributed by atoms with Crippen LogP contribution in [0.15, 0.2) is 48.5 Å². The molecule has 146 valence electrons. The number of hydrogen-bond acceptors (Lipinski definition) is 5. The van der Waals surface area contributed by atoms with Gasteiger partial charge in [0.1, 0.15) is 5.75 Å². The highest BCUT2D eigenvalue weighted by Crippen LogP contribution is 2.37. The van der Waals surface area contributed by atoms with Crippen molar-refractivity contribution in [2.75, 3.05) is 0 Å². The van der Waals surface area contributed by atoms with Crippen LogP contribution < -0.4 is 9.84 Å². The van der Waals surface area contributed by atoms with Crippen molar-refractivity contribution < 1.29 is 37.3 Å². The fraction of sp³-hybridized carbons (Fsp3) is 0.200. The van der Waals surface area contributed by atoms with E-state index in [0.717, 1.165) is 0 Å². The summed E-state index contributed by atoms with van der Waals surface area (Å²) in [7, 11) is 0. The second kappa shape index (κ2) is 8.05. The molecule has 0 atom stereocenters. The van der Waals surface area contributed by atoms with Gasteiger partial charge in [-0.2, -0.15) is 13.2 Å². The van der Waals surface area contributed by atoms with E-state index in [0.29, 0.717) is 23.8 Å². The molecule has 0 fully saturated rings. The largest absolute Gasteiger partial charge is 0.545 e. The van der Waals surface area contributed by atoms with E-state index in [1.165, 1.54) is 13.8 Å². The number of benzene rings is 2. The molecule has 28 heavy (non-hydrogen) atoms. The normalized spacial score (nSPS) is 11.2. The first kappa shape index (κ1) is 20.8. The van der Waals surface area contributed by atoms with Crippen LogP contribution in [-0.4, -0.2) is 17.7 Å². The number of hydrogen-bond donors (Lipinski definition) is 0. The molecule has 0 heterocycles. The third-order valence-corrected chi connectivity index (χ3v) is 3.34. The molecule has 0 bridgehead atoms. The van der Waals surface area contributed by atoms with Gasteiger partial charge < -0.3 is 19.4 Å². The van der Waals surface area contributed by atoms with Crippen LogP contribution >= 0.6 is 0 Å². The number of ether oxygens (including phenoxy) is 2. The minimum absolute atomic E-state index is 0.480. The highest BCUT2D eigenvalue weighted by molar-refractivity contribution is 5.86. The third-order valence-electron chi connectivity index (χ3n) is 3.34. The fourth-order valence-electron chi connectivity index (χ4n) is 2.06. The van der Waals surface area contributed by atoms with Crippen LogP contribution in [0.5, 0.6) is 5.75 Å². The van der Waals surface area contributed by atoms with Crippen LogP contribution in [0.2, 0.25) is 0 Å². The zero-order valence-electron chi connectivity index (χ0n) is 14.8. The topological polar surface area (TPSA) is 75.7 Å². The summed E-state index contributed by atoms with van der Waals surface area (Å²) in [4.78, 5) is 22.8. The smallest absolute Gasteiger partial charge is 0.515 e. The van der Waals surface area contributed by atoms with Crippen molar-refractivity contribution in [3.8, 4) is 17.6 Å². The van der Waals surface area contributed by atoms with Gasteiger partial charge in [0.25, 0.3) is 0 Å². The van der Waals surface area contributed by atoms with Gasteiger partial charge >= 0.3 is 12.3 Å². The molecule has 0 amide bonds. The van der Waals surface area contributed by atoms with Gasteiger partial charge in [0.15, 0.2) is 5.60 Å². The molecular formula is C20H14F3O5-. The molecule has 0 aliphatic carbocycles. The number of alkyl halides is 3. The summed E-state index contributed by atoms with van der Waals surface area (Å²) >= 11 is 0. The molecule has 0 N–H and O–H groups in total. The monoisotopic (exact) mass is 391 g/mol. The number of rotatable bonds is 3. The zero-order valence-corrected chi connectivity index (χ0v) is 14.8. The van der Waals surface area contributed by atoms with Crippen LogP contribution in [-0.2, 0) is 10.9 Å². The Morgan fingerprint density at radius 3 is 2.25 bits per heavy atom. The lowest BCUT2D eigenvalue weighted by atomic mass is 10.1. The van der Waals surface area contributed by atoms with Crippen LogP contribution in [0.1, 0.15) is 35.3 Å². The maximum atomic E-state index is 13.1. The molecule has 0 spiro atoms. The summed E-state index contributed by atoms with van der Waals surface area (Å²) < 4.78 is 48.8. The van der Waals surface area contributed by atoms with Gasteiger partial charge in [-0.1, -0.05) is 36.1 Å². The molecule has 2 rings (SSSR count). The number of aromatic carboxylic acids is 1. The third kappa shape index (κ3) is 5.77. The number of carboxylic acid groups (broad SMARTS) is 1. The molecule has 0 radical (unpaired) electrons. The molecule has 2 aromatic carbocycles. The maximum absolute atomic E-state index is 13.1. The molecule has 5 nitrogen and oxygen atoms in total. The van der Waals surface area contributed by atoms with Crippen molar-refractivity contribution in [1.82, 2.24) is 0 Å². The average Bonchev–Trinajstić information content (AvgIpc) is 2.59. The first-order valence-electron chi connectivity index (χ1n) is 7.89. The highest BCUT2D eigenvalue weighted by Gasteiger charge is 2.36. The molecular weight excluding hydrogens is 377 g/mol. The number of carbonyl (C=O) groups excluding carboxylic acids is 2. The zero-order chi connectivity index (χ0) is 20.9. The predicted octanol–water partition coefficient (Wildman–Crippen LogP) is 3.41. The lowest BCUT2D eigenvalue weighted by molar-refractivity contribution is -0.255. The van der Waals surface area contributed by atoms with E-state index < -0.39 is 40.8 Å². The highest BCUT2D eigenvalue weighted by atomic mass is 19.4. The fourth-order valence-corrected chi connectivity index (χ4v) is 2.06.